The second kappa shape index (κ2) is 9.40. The molecule has 0 bridgehead atoms. The Morgan fingerprint density at radius 3 is 2.75 bits per heavy atom. The standard InChI is InChI=1S/C13H18ClN3O.2ClH/c1-17(11-3-2-7-15-8-6-11)13(18)12-5-4-10(14)9-16-12;;/h4-5,9,11,15H,2-3,6-8H2,1H3;2*1H. The zero-order valence-corrected chi connectivity index (χ0v) is 13.7. The number of carbonyl (C=O) groups excluding carboxylic acids is 1. The number of carbonyl (C=O) groups is 1. The van der Waals surface area contributed by atoms with Gasteiger partial charge < -0.3 is 10.2 Å². The number of nitrogens with zero attached hydrogens (tertiary/aromatic N) is 2. The lowest BCUT2D eigenvalue weighted by Crippen LogP contribution is -2.38. The van der Waals surface area contributed by atoms with Gasteiger partial charge >= 0.3 is 0 Å². The summed E-state index contributed by atoms with van der Waals surface area (Å²) in [7, 11) is 1.86. The van der Waals surface area contributed by atoms with Crippen LogP contribution in [0.5, 0.6) is 0 Å². The summed E-state index contributed by atoms with van der Waals surface area (Å²) in [6.45, 7) is 2.01. The van der Waals surface area contributed by atoms with E-state index in [4.69, 9.17) is 11.6 Å². The van der Waals surface area contributed by atoms with E-state index in [0.29, 0.717) is 16.8 Å². The second-order valence-electron chi connectivity index (χ2n) is 4.61. The molecule has 4 nitrogen and oxygen atoms in total. The lowest BCUT2D eigenvalue weighted by molar-refractivity contribution is 0.0714. The van der Waals surface area contributed by atoms with Gasteiger partial charge in [0.2, 0.25) is 0 Å². The van der Waals surface area contributed by atoms with Gasteiger partial charge in [0.05, 0.1) is 5.02 Å². The summed E-state index contributed by atoms with van der Waals surface area (Å²) in [5, 5.41) is 3.90. The minimum absolute atomic E-state index is 0. The maximum absolute atomic E-state index is 12.3. The van der Waals surface area contributed by atoms with E-state index in [1.807, 2.05) is 11.9 Å². The van der Waals surface area contributed by atoms with E-state index in [2.05, 4.69) is 10.3 Å². The zero-order valence-electron chi connectivity index (χ0n) is 11.3. The van der Waals surface area contributed by atoms with Crippen molar-refractivity contribution in [3.05, 3.63) is 29.0 Å². The van der Waals surface area contributed by atoms with Gasteiger partial charge in [-0.15, -0.1) is 24.8 Å². The molecule has 1 N–H and O–H groups in total. The van der Waals surface area contributed by atoms with Crippen molar-refractivity contribution in [3.8, 4) is 0 Å². The van der Waals surface area contributed by atoms with E-state index >= 15 is 0 Å². The number of aromatic nitrogens is 1. The quantitative estimate of drug-likeness (QED) is 0.900. The van der Waals surface area contributed by atoms with Crippen molar-refractivity contribution in [1.29, 1.82) is 0 Å². The van der Waals surface area contributed by atoms with E-state index in [-0.39, 0.29) is 30.7 Å². The highest BCUT2D eigenvalue weighted by Gasteiger charge is 2.22. The van der Waals surface area contributed by atoms with Crippen molar-refractivity contribution < 1.29 is 4.79 Å². The number of rotatable bonds is 2. The van der Waals surface area contributed by atoms with Gasteiger partial charge in [0, 0.05) is 19.3 Å². The summed E-state index contributed by atoms with van der Waals surface area (Å²) in [5.74, 6) is -0.0291. The SMILES string of the molecule is CN(C(=O)c1ccc(Cl)cn1)C1CCCNCC1.Cl.Cl. The number of amides is 1. The molecule has 1 amide bonds. The van der Waals surface area contributed by atoms with Crippen molar-refractivity contribution in [2.75, 3.05) is 20.1 Å². The number of pyridine rings is 1. The summed E-state index contributed by atoms with van der Waals surface area (Å²) in [4.78, 5) is 18.2. The van der Waals surface area contributed by atoms with Crippen LogP contribution in [0.2, 0.25) is 5.02 Å². The molecule has 2 rings (SSSR count). The monoisotopic (exact) mass is 339 g/mol. The van der Waals surface area contributed by atoms with Crippen molar-refractivity contribution in [2.45, 2.75) is 25.3 Å². The fourth-order valence-electron chi connectivity index (χ4n) is 2.24. The summed E-state index contributed by atoms with van der Waals surface area (Å²) in [6.07, 6.45) is 4.66. The van der Waals surface area contributed by atoms with Crippen molar-refractivity contribution in [1.82, 2.24) is 15.2 Å². The molecule has 0 aromatic carbocycles. The van der Waals surface area contributed by atoms with Crippen LogP contribution < -0.4 is 5.32 Å². The molecule has 0 saturated carbocycles. The van der Waals surface area contributed by atoms with Crippen LogP contribution in [0, 0.1) is 0 Å². The molecule has 114 valence electrons. The fourth-order valence-corrected chi connectivity index (χ4v) is 2.35. The Labute approximate surface area is 137 Å². The Morgan fingerprint density at radius 2 is 2.10 bits per heavy atom. The topological polar surface area (TPSA) is 45.2 Å². The summed E-state index contributed by atoms with van der Waals surface area (Å²) >= 11 is 5.77. The average Bonchev–Trinajstić information content (AvgIpc) is 2.67. The largest absolute Gasteiger partial charge is 0.337 e. The minimum atomic E-state index is -0.0291. The molecule has 2 heterocycles. The Morgan fingerprint density at radius 1 is 1.35 bits per heavy atom. The highest BCUT2D eigenvalue weighted by Crippen LogP contribution is 2.15. The van der Waals surface area contributed by atoms with Crippen LogP contribution in [-0.2, 0) is 0 Å². The van der Waals surface area contributed by atoms with E-state index in [1.165, 1.54) is 6.20 Å². The van der Waals surface area contributed by atoms with Gasteiger partial charge in [0.15, 0.2) is 0 Å². The first-order chi connectivity index (χ1) is 8.68. The molecule has 0 spiro atoms. The van der Waals surface area contributed by atoms with Crippen molar-refractivity contribution in [3.63, 3.8) is 0 Å². The third-order valence-corrected chi connectivity index (χ3v) is 3.58. The van der Waals surface area contributed by atoms with Gasteiger partial charge in [-0.05, 0) is 44.5 Å². The number of hydrogen-bond acceptors (Lipinski definition) is 3. The molecular weight excluding hydrogens is 321 g/mol. The molecule has 1 aromatic heterocycles. The van der Waals surface area contributed by atoms with Crippen LogP contribution in [0.15, 0.2) is 18.3 Å². The maximum atomic E-state index is 12.3. The molecule has 1 aromatic rings. The van der Waals surface area contributed by atoms with Crippen LogP contribution in [0.25, 0.3) is 0 Å². The van der Waals surface area contributed by atoms with Crippen LogP contribution >= 0.6 is 36.4 Å². The van der Waals surface area contributed by atoms with Crippen LogP contribution in [0.3, 0.4) is 0 Å². The summed E-state index contributed by atoms with van der Waals surface area (Å²) in [6, 6.07) is 3.67. The minimum Gasteiger partial charge on any atom is -0.337 e. The van der Waals surface area contributed by atoms with Crippen LogP contribution in [0.1, 0.15) is 29.8 Å². The van der Waals surface area contributed by atoms with Gasteiger partial charge in [-0.25, -0.2) is 4.98 Å². The lowest BCUT2D eigenvalue weighted by Gasteiger charge is -2.26. The van der Waals surface area contributed by atoms with E-state index in [1.54, 1.807) is 12.1 Å². The lowest BCUT2D eigenvalue weighted by atomic mass is 10.1. The highest BCUT2D eigenvalue weighted by atomic mass is 35.5. The number of halogens is 3. The van der Waals surface area contributed by atoms with Crippen LogP contribution in [-0.4, -0.2) is 42.0 Å². The predicted molar refractivity (Wildman–Crippen MR) is 86.3 cm³/mol. The molecule has 20 heavy (non-hydrogen) atoms. The molecule has 1 aliphatic heterocycles. The van der Waals surface area contributed by atoms with Crippen molar-refractivity contribution >= 4 is 42.3 Å². The molecule has 1 unspecified atom stereocenters. The van der Waals surface area contributed by atoms with Gasteiger partial charge in [-0.3, -0.25) is 4.79 Å². The van der Waals surface area contributed by atoms with Gasteiger partial charge in [0.25, 0.3) is 5.91 Å². The molecular formula is C13H20Cl3N3O. The molecule has 1 aliphatic rings. The smallest absolute Gasteiger partial charge is 0.272 e. The maximum Gasteiger partial charge on any atom is 0.272 e. The first kappa shape index (κ1) is 19.4. The third-order valence-electron chi connectivity index (χ3n) is 3.36. The van der Waals surface area contributed by atoms with Gasteiger partial charge in [-0.2, -0.15) is 0 Å². The van der Waals surface area contributed by atoms with Gasteiger partial charge in [-0.1, -0.05) is 11.6 Å². The molecule has 0 aliphatic carbocycles. The first-order valence-electron chi connectivity index (χ1n) is 6.28. The number of hydrogen-bond donors (Lipinski definition) is 1. The Kier molecular flexibility index (Phi) is 9.14. The fraction of sp³-hybridized carbons (Fsp3) is 0.538. The molecule has 0 radical (unpaired) electrons. The molecule has 1 atom stereocenters. The Hall–Kier alpha value is -0.550. The molecule has 7 heteroatoms. The highest BCUT2D eigenvalue weighted by molar-refractivity contribution is 6.30. The Balaban J connectivity index is 0.00000180. The normalized spacial score (nSPS) is 18.2. The van der Waals surface area contributed by atoms with Crippen molar-refractivity contribution in [2.24, 2.45) is 0 Å². The molecule has 1 fully saturated rings. The average molecular weight is 341 g/mol. The van der Waals surface area contributed by atoms with E-state index in [0.717, 1.165) is 32.4 Å². The van der Waals surface area contributed by atoms with Gasteiger partial charge in [0.1, 0.15) is 5.69 Å². The van der Waals surface area contributed by atoms with E-state index < -0.39 is 0 Å². The Bertz CT molecular complexity index is 406. The summed E-state index contributed by atoms with van der Waals surface area (Å²) in [5.41, 5.74) is 0.458. The van der Waals surface area contributed by atoms with Crippen LogP contribution in [0.4, 0.5) is 0 Å². The number of nitrogens with one attached hydrogen (secondary N) is 1. The summed E-state index contributed by atoms with van der Waals surface area (Å²) < 4.78 is 0. The third kappa shape index (κ3) is 5.09. The second-order valence-corrected chi connectivity index (χ2v) is 5.05. The zero-order chi connectivity index (χ0) is 13.0. The predicted octanol–water partition coefficient (Wildman–Crippen LogP) is 2.79. The molecule has 1 saturated heterocycles. The van der Waals surface area contributed by atoms with E-state index in [9.17, 15) is 4.79 Å². The first-order valence-corrected chi connectivity index (χ1v) is 6.65.